The third-order valence-corrected chi connectivity index (χ3v) is 3.55. The Kier molecular flexibility index (Phi) is 3.84. The van der Waals surface area contributed by atoms with Gasteiger partial charge in [-0.3, -0.25) is 5.32 Å². The summed E-state index contributed by atoms with van der Waals surface area (Å²) in [6, 6.07) is 6.64. The number of nitrogens with zero attached hydrogens (tertiary/aromatic N) is 1. The van der Waals surface area contributed by atoms with Gasteiger partial charge in [-0.2, -0.15) is 0 Å². The first-order valence-electron chi connectivity index (χ1n) is 5.32. The Bertz CT molecular complexity index is 563. The molecule has 0 spiro atoms. The van der Waals surface area contributed by atoms with Gasteiger partial charge in [0.1, 0.15) is 0 Å². The number of anilines is 2. The molecule has 0 aliphatic carbocycles. The van der Waals surface area contributed by atoms with Gasteiger partial charge < -0.3 is 5.32 Å². The van der Waals surface area contributed by atoms with Crippen LogP contribution in [0.5, 0.6) is 0 Å². The normalized spacial score (nSPS) is 10.2. The molecule has 2 N–H and O–H groups in total. The third-order valence-electron chi connectivity index (χ3n) is 2.33. The number of hydrogen-bond donors (Lipinski definition) is 2. The highest BCUT2D eigenvalue weighted by molar-refractivity contribution is 7.15. The second-order valence-corrected chi connectivity index (χ2v) is 5.39. The molecule has 94 valence electrons. The summed E-state index contributed by atoms with van der Waals surface area (Å²) in [5.74, 6) is 0. The molecule has 0 radical (unpaired) electrons. The Morgan fingerprint density at radius 2 is 2.11 bits per heavy atom. The predicted molar refractivity (Wildman–Crippen MR) is 75.7 cm³/mol. The molecule has 2 amide bonds. The molecule has 0 bridgehead atoms. The zero-order valence-electron chi connectivity index (χ0n) is 9.95. The first kappa shape index (κ1) is 12.9. The van der Waals surface area contributed by atoms with Crippen molar-refractivity contribution in [2.24, 2.45) is 0 Å². The van der Waals surface area contributed by atoms with Gasteiger partial charge in [-0.1, -0.05) is 17.7 Å². The maximum absolute atomic E-state index is 11.7. The summed E-state index contributed by atoms with van der Waals surface area (Å²) >= 11 is 7.28. The van der Waals surface area contributed by atoms with Crippen molar-refractivity contribution in [1.82, 2.24) is 4.98 Å². The van der Waals surface area contributed by atoms with Crippen molar-refractivity contribution in [3.63, 3.8) is 0 Å². The average molecular weight is 282 g/mol. The standard InChI is InChI=1S/C12H12ClN3OS/c1-7-8(2)18-12(14-7)16-11(17)15-10-5-3-4-9(13)6-10/h3-6H,1-2H3,(H2,14,15,16,17). The molecular formula is C12H12ClN3OS. The summed E-state index contributed by atoms with van der Waals surface area (Å²) in [5.41, 5.74) is 1.57. The van der Waals surface area contributed by atoms with Crippen molar-refractivity contribution in [3.8, 4) is 0 Å². The summed E-state index contributed by atoms with van der Waals surface area (Å²) in [7, 11) is 0. The SMILES string of the molecule is Cc1nc(NC(=O)Nc2cccc(Cl)c2)sc1C. The smallest absolute Gasteiger partial charge is 0.308 e. The van der Waals surface area contributed by atoms with E-state index < -0.39 is 0 Å². The topological polar surface area (TPSA) is 54.0 Å². The van der Waals surface area contributed by atoms with Gasteiger partial charge in [0.25, 0.3) is 0 Å². The van der Waals surface area contributed by atoms with Gasteiger partial charge >= 0.3 is 6.03 Å². The van der Waals surface area contributed by atoms with Crippen LogP contribution in [0.3, 0.4) is 0 Å². The molecule has 1 aromatic heterocycles. The highest BCUT2D eigenvalue weighted by Crippen LogP contribution is 2.21. The molecule has 0 aliphatic heterocycles. The van der Waals surface area contributed by atoms with E-state index in [1.165, 1.54) is 11.3 Å². The highest BCUT2D eigenvalue weighted by atomic mass is 35.5. The lowest BCUT2D eigenvalue weighted by molar-refractivity contribution is 0.262. The highest BCUT2D eigenvalue weighted by Gasteiger charge is 2.07. The molecule has 0 unspecified atom stereocenters. The number of hydrogen-bond acceptors (Lipinski definition) is 3. The summed E-state index contributed by atoms with van der Waals surface area (Å²) in [6.07, 6.45) is 0. The van der Waals surface area contributed by atoms with E-state index >= 15 is 0 Å². The molecule has 0 atom stereocenters. The molecule has 0 aliphatic rings. The quantitative estimate of drug-likeness (QED) is 0.872. The largest absolute Gasteiger partial charge is 0.325 e. The lowest BCUT2D eigenvalue weighted by Gasteiger charge is -2.05. The minimum absolute atomic E-state index is 0.328. The van der Waals surface area contributed by atoms with E-state index in [0.29, 0.717) is 15.8 Å². The van der Waals surface area contributed by atoms with E-state index in [2.05, 4.69) is 15.6 Å². The number of urea groups is 1. The molecule has 18 heavy (non-hydrogen) atoms. The molecule has 0 saturated heterocycles. The maximum Gasteiger partial charge on any atom is 0.325 e. The van der Waals surface area contributed by atoms with Crippen LogP contribution in [-0.2, 0) is 0 Å². The van der Waals surface area contributed by atoms with Gasteiger partial charge in [0, 0.05) is 15.6 Å². The van der Waals surface area contributed by atoms with Gasteiger partial charge in [-0.25, -0.2) is 9.78 Å². The second kappa shape index (κ2) is 5.37. The summed E-state index contributed by atoms with van der Waals surface area (Å²) in [5, 5.41) is 6.54. The minimum Gasteiger partial charge on any atom is -0.308 e. The molecule has 2 rings (SSSR count). The van der Waals surface area contributed by atoms with Crippen LogP contribution in [0.1, 0.15) is 10.6 Å². The molecule has 1 aromatic carbocycles. The van der Waals surface area contributed by atoms with Crippen LogP contribution in [0, 0.1) is 13.8 Å². The first-order valence-corrected chi connectivity index (χ1v) is 6.51. The number of amides is 2. The fourth-order valence-corrected chi connectivity index (χ4v) is 2.35. The number of aryl methyl sites for hydroxylation is 2. The Morgan fingerprint density at radius 3 is 2.72 bits per heavy atom. The Morgan fingerprint density at radius 1 is 1.33 bits per heavy atom. The molecule has 0 saturated carbocycles. The second-order valence-electron chi connectivity index (χ2n) is 3.75. The summed E-state index contributed by atoms with van der Waals surface area (Å²) < 4.78 is 0. The number of carbonyl (C=O) groups is 1. The Hall–Kier alpha value is -1.59. The minimum atomic E-state index is -0.328. The molecule has 1 heterocycles. The van der Waals surface area contributed by atoms with Crippen molar-refractivity contribution >= 4 is 39.8 Å². The maximum atomic E-state index is 11.7. The van der Waals surface area contributed by atoms with Gasteiger partial charge in [0.05, 0.1) is 5.69 Å². The van der Waals surface area contributed by atoms with Crippen molar-refractivity contribution in [1.29, 1.82) is 0 Å². The number of thiazole rings is 1. The monoisotopic (exact) mass is 281 g/mol. The molecular weight excluding hydrogens is 270 g/mol. The molecule has 0 fully saturated rings. The van der Waals surface area contributed by atoms with Crippen LogP contribution in [0.4, 0.5) is 15.6 Å². The molecule has 2 aromatic rings. The number of aromatic nitrogens is 1. The zero-order valence-corrected chi connectivity index (χ0v) is 11.5. The van der Waals surface area contributed by atoms with Crippen LogP contribution in [0.2, 0.25) is 5.02 Å². The zero-order chi connectivity index (χ0) is 13.1. The van der Waals surface area contributed by atoms with Gasteiger partial charge in [0.15, 0.2) is 5.13 Å². The number of benzene rings is 1. The van der Waals surface area contributed by atoms with Gasteiger partial charge in [-0.05, 0) is 32.0 Å². The summed E-state index contributed by atoms with van der Waals surface area (Å²) in [4.78, 5) is 17.0. The van der Waals surface area contributed by atoms with Crippen molar-refractivity contribution in [2.45, 2.75) is 13.8 Å². The number of carbonyl (C=O) groups excluding carboxylic acids is 1. The predicted octanol–water partition coefficient (Wildman–Crippen LogP) is 4.06. The van der Waals surface area contributed by atoms with E-state index in [0.717, 1.165) is 10.6 Å². The Labute approximate surface area is 114 Å². The number of halogens is 1. The number of nitrogens with one attached hydrogen (secondary N) is 2. The van der Waals surface area contributed by atoms with E-state index in [-0.39, 0.29) is 6.03 Å². The lowest BCUT2D eigenvalue weighted by atomic mass is 10.3. The van der Waals surface area contributed by atoms with Gasteiger partial charge in [0.2, 0.25) is 0 Å². The van der Waals surface area contributed by atoms with E-state index in [4.69, 9.17) is 11.6 Å². The fourth-order valence-electron chi connectivity index (χ4n) is 1.35. The van der Waals surface area contributed by atoms with Gasteiger partial charge in [-0.15, -0.1) is 11.3 Å². The van der Waals surface area contributed by atoms with Crippen molar-refractivity contribution in [2.75, 3.05) is 10.6 Å². The van der Waals surface area contributed by atoms with Crippen LogP contribution in [-0.4, -0.2) is 11.0 Å². The van der Waals surface area contributed by atoms with E-state index in [1.54, 1.807) is 24.3 Å². The fraction of sp³-hybridized carbons (Fsp3) is 0.167. The molecule has 6 heteroatoms. The van der Waals surface area contributed by atoms with Crippen LogP contribution in [0.25, 0.3) is 0 Å². The van der Waals surface area contributed by atoms with Crippen LogP contribution in [0.15, 0.2) is 24.3 Å². The summed E-state index contributed by atoms with van der Waals surface area (Å²) in [6.45, 7) is 3.87. The lowest BCUT2D eigenvalue weighted by Crippen LogP contribution is -2.19. The average Bonchev–Trinajstić information content (AvgIpc) is 2.57. The van der Waals surface area contributed by atoms with Crippen LogP contribution >= 0.6 is 22.9 Å². The Balaban J connectivity index is 2.01. The van der Waals surface area contributed by atoms with Crippen LogP contribution < -0.4 is 10.6 Å². The number of rotatable bonds is 2. The van der Waals surface area contributed by atoms with E-state index in [1.807, 2.05) is 13.8 Å². The van der Waals surface area contributed by atoms with Crippen molar-refractivity contribution in [3.05, 3.63) is 39.9 Å². The first-order chi connectivity index (χ1) is 8.54. The third kappa shape index (κ3) is 3.21. The molecule has 4 nitrogen and oxygen atoms in total. The van der Waals surface area contributed by atoms with Crippen molar-refractivity contribution < 1.29 is 4.79 Å². The van der Waals surface area contributed by atoms with E-state index in [9.17, 15) is 4.79 Å².